The van der Waals surface area contributed by atoms with Crippen LogP contribution < -0.4 is 10.6 Å². The van der Waals surface area contributed by atoms with Gasteiger partial charge in [0, 0.05) is 44.8 Å². The van der Waals surface area contributed by atoms with Gasteiger partial charge < -0.3 is 15.5 Å². The normalized spacial score (nSPS) is 21.9. The Labute approximate surface area is 160 Å². The van der Waals surface area contributed by atoms with Crippen LogP contribution in [-0.2, 0) is 19.6 Å². The van der Waals surface area contributed by atoms with E-state index in [-0.39, 0.29) is 22.8 Å². The van der Waals surface area contributed by atoms with Gasteiger partial charge in [-0.15, -0.1) is 0 Å². The summed E-state index contributed by atoms with van der Waals surface area (Å²) in [5.41, 5.74) is 1.29. The van der Waals surface area contributed by atoms with Crippen LogP contribution in [-0.4, -0.2) is 68.2 Å². The van der Waals surface area contributed by atoms with Crippen LogP contribution >= 0.6 is 0 Å². The Hall–Kier alpha value is -1.97. The van der Waals surface area contributed by atoms with Crippen molar-refractivity contribution < 1.29 is 18.0 Å². The molecule has 3 rings (SSSR count). The number of nitrogens with one attached hydrogen (secondary N) is 2. The topological polar surface area (TPSA) is 98.8 Å². The molecule has 1 atom stereocenters. The number of amides is 2. The summed E-state index contributed by atoms with van der Waals surface area (Å²) in [5, 5.41) is 5.71. The molecule has 148 valence electrons. The minimum absolute atomic E-state index is 0.0220. The highest BCUT2D eigenvalue weighted by molar-refractivity contribution is 7.89. The van der Waals surface area contributed by atoms with Crippen LogP contribution in [0.25, 0.3) is 0 Å². The molecule has 2 fully saturated rings. The number of piperidine rings is 1. The predicted octanol–water partition coefficient (Wildman–Crippen LogP) is 0.538. The van der Waals surface area contributed by atoms with Crippen molar-refractivity contribution in [3.63, 3.8) is 0 Å². The van der Waals surface area contributed by atoms with Crippen molar-refractivity contribution in [3.8, 4) is 0 Å². The average Bonchev–Trinajstić information content (AvgIpc) is 2.63. The van der Waals surface area contributed by atoms with E-state index in [4.69, 9.17) is 0 Å². The number of hydrogen-bond acceptors (Lipinski definition) is 5. The maximum absolute atomic E-state index is 13.1. The molecule has 8 nitrogen and oxygen atoms in total. The number of piperazine rings is 1. The zero-order valence-electron chi connectivity index (χ0n) is 15.7. The number of sulfonamides is 1. The van der Waals surface area contributed by atoms with Gasteiger partial charge >= 0.3 is 0 Å². The summed E-state index contributed by atoms with van der Waals surface area (Å²) in [6.07, 6.45) is 1.52. The van der Waals surface area contributed by atoms with Gasteiger partial charge in [0.15, 0.2) is 0 Å². The molecule has 27 heavy (non-hydrogen) atoms. The van der Waals surface area contributed by atoms with E-state index in [2.05, 4.69) is 10.6 Å². The van der Waals surface area contributed by atoms with Gasteiger partial charge in [-0.05, 0) is 37.5 Å². The fourth-order valence-corrected chi connectivity index (χ4v) is 5.18. The molecule has 2 heterocycles. The smallest absolute Gasteiger partial charge is 0.243 e. The van der Waals surface area contributed by atoms with Gasteiger partial charge in [0.2, 0.25) is 21.8 Å². The summed E-state index contributed by atoms with van der Waals surface area (Å²) in [5.74, 6) is -0.225. The van der Waals surface area contributed by atoms with Crippen LogP contribution in [0.1, 0.15) is 25.3 Å². The number of carbonyl (C=O) groups is 2. The Morgan fingerprint density at radius 3 is 2.78 bits per heavy atom. The summed E-state index contributed by atoms with van der Waals surface area (Å²) < 4.78 is 27.7. The molecular formula is C18H26N4O4S. The molecule has 0 bridgehead atoms. The fourth-order valence-electron chi connectivity index (χ4n) is 3.64. The van der Waals surface area contributed by atoms with Gasteiger partial charge in [0.1, 0.15) is 0 Å². The predicted molar refractivity (Wildman–Crippen MR) is 102 cm³/mol. The van der Waals surface area contributed by atoms with Gasteiger partial charge in [-0.3, -0.25) is 9.59 Å². The Kier molecular flexibility index (Phi) is 5.83. The molecule has 1 aromatic rings. The highest BCUT2D eigenvalue weighted by Gasteiger charge is 2.35. The summed E-state index contributed by atoms with van der Waals surface area (Å²) in [4.78, 5) is 25.5. The Morgan fingerprint density at radius 1 is 1.30 bits per heavy atom. The molecule has 2 saturated heterocycles. The van der Waals surface area contributed by atoms with Crippen LogP contribution in [0.5, 0.6) is 0 Å². The van der Waals surface area contributed by atoms with Crippen LogP contribution in [0, 0.1) is 6.92 Å². The molecule has 0 aromatic heterocycles. The van der Waals surface area contributed by atoms with Crippen molar-refractivity contribution in [1.82, 2.24) is 14.5 Å². The lowest BCUT2D eigenvalue weighted by molar-refractivity contribution is -0.135. The van der Waals surface area contributed by atoms with Gasteiger partial charge in [-0.2, -0.15) is 4.31 Å². The lowest BCUT2D eigenvalue weighted by atomic mass is 10.1. The second-order valence-corrected chi connectivity index (χ2v) is 9.02. The molecule has 9 heteroatoms. The van der Waals surface area contributed by atoms with E-state index < -0.39 is 10.0 Å². The molecule has 2 N–H and O–H groups in total. The Bertz CT molecular complexity index is 840. The number of nitrogens with zero attached hydrogens (tertiary/aromatic N) is 2. The van der Waals surface area contributed by atoms with E-state index in [1.807, 2.05) is 6.92 Å². The number of aryl methyl sites for hydroxylation is 1. The number of hydrogen-bond donors (Lipinski definition) is 2. The molecule has 0 saturated carbocycles. The average molecular weight is 394 g/mol. The van der Waals surface area contributed by atoms with Crippen LogP contribution in [0.2, 0.25) is 0 Å². The first-order valence-electron chi connectivity index (χ1n) is 9.17. The number of benzene rings is 1. The third-order valence-electron chi connectivity index (χ3n) is 5.08. The van der Waals surface area contributed by atoms with E-state index >= 15 is 0 Å². The van der Waals surface area contributed by atoms with Crippen molar-refractivity contribution in [1.29, 1.82) is 0 Å². The molecule has 2 aliphatic rings. The number of rotatable bonds is 4. The summed E-state index contributed by atoms with van der Waals surface area (Å²) in [7, 11) is -3.70. The van der Waals surface area contributed by atoms with E-state index in [9.17, 15) is 18.0 Å². The van der Waals surface area contributed by atoms with Gasteiger partial charge in [0.05, 0.1) is 11.4 Å². The molecule has 1 unspecified atom stereocenters. The van der Waals surface area contributed by atoms with Crippen LogP contribution in [0.15, 0.2) is 23.1 Å². The van der Waals surface area contributed by atoms with Crippen LogP contribution in [0.4, 0.5) is 5.69 Å². The van der Waals surface area contributed by atoms with Crippen LogP contribution in [0.3, 0.4) is 0 Å². The van der Waals surface area contributed by atoms with Crippen molar-refractivity contribution >= 4 is 27.5 Å². The first-order chi connectivity index (χ1) is 12.8. The third kappa shape index (κ3) is 4.31. The second-order valence-electron chi connectivity index (χ2n) is 7.08. The second kappa shape index (κ2) is 7.95. The van der Waals surface area contributed by atoms with Gasteiger partial charge in [-0.1, -0.05) is 6.07 Å². The fraction of sp³-hybridized carbons (Fsp3) is 0.556. The van der Waals surface area contributed by atoms with Gasteiger partial charge in [-0.25, -0.2) is 8.42 Å². The molecule has 0 spiro atoms. The standard InChI is InChI=1S/C18H26N4O4S/c1-13-5-6-16(10-17(13)20-14(2)23)27(25,26)21-8-3-4-15(12-21)22-9-7-19-11-18(22)24/h5-6,10,15,19H,3-4,7-9,11-12H2,1-2H3,(H,20,23). The first kappa shape index (κ1) is 19.8. The van der Waals surface area contributed by atoms with Gasteiger partial charge in [0.25, 0.3) is 0 Å². The number of carbonyl (C=O) groups excluding carboxylic acids is 2. The SMILES string of the molecule is CC(=O)Nc1cc(S(=O)(=O)N2CCCC(N3CCNCC3=O)C2)ccc1C. The third-order valence-corrected chi connectivity index (χ3v) is 6.94. The monoisotopic (exact) mass is 394 g/mol. The van der Waals surface area contributed by atoms with Crippen molar-refractivity contribution in [2.45, 2.75) is 37.6 Å². The van der Waals surface area contributed by atoms with E-state index in [1.165, 1.54) is 17.3 Å². The molecule has 0 radical (unpaired) electrons. The molecule has 1 aromatic carbocycles. The van der Waals surface area contributed by atoms with Crippen molar-refractivity contribution in [3.05, 3.63) is 23.8 Å². The maximum atomic E-state index is 13.1. The zero-order chi connectivity index (χ0) is 19.6. The molecule has 2 aliphatic heterocycles. The molecule has 0 aliphatic carbocycles. The summed E-state index contributed by atoms with van der Waals surface area (Å²) >= 11 is 0. The number of anilines is 1. The quantitative estimate of drug-likeness (QED) is 0.777. The lowest BCUT2D eigenvalue weighted by Crippen LogP contribution is -2.57. The highest BCUT2D eigenvalue weighted by atomic mass is 32.2. The van der Waals surface area contributed by atoms with Crippen molar-refractivity contribution in [2.75, 3.05) is 38.0 Å². The zero-order valence-corrected chi connectivity index (χ0v) is 16.5. The largest absolute Gasteiger partial charge is 0.336 e. The van der Waals surface area contributed by atoms with E-state index in [0.29, 0.717) is 38.3 Å². The lowest BCUT2D eigenvalue weighted by Gasteiger charge is -2.40. The first-order valence-corrected chi connectivity index (χ1v) is 10.6. The molecule has 2 amide bonds. The summed E-state index contributed by atoms with van der Waals surface area (Å²) in [6, 6.07) is 4.67. The Morgan fingerprint density at radius 2 is 2.07 bits per heavy atom. The maximum Gasteiger partial charge on any atom is 0.243 e. The minimum Gasteiger partial charge on any atom is -0.336 e. The Balaban J connectivity index is 1.82. The summed E-state index contributed by atoms with van der Waals surface area (Å²) in [6.45, 7) is 5.58. The van der Waals surface area contributed by atoms with Crippen molar-refractivity contribution in [2.24, 2.45) is 0 Å². The molecular weight excluding hydrogens is 368 g/mol. The van der Waals surface area contributed by atoms with E-state index in [1.54, 1.807) is 17.0 Å². The van der Waals surface area contributed by atoms with E-state index in [0.717, 1.165) is 18.5 Å². The minimum atomic E-state index is -3.70. The highest BCUT2D eigenvalue weighted by Crippen LogP contribution is 2.26.